The van der Waals surface area contributed by atoms with Crippen molar-refractivity contribution in [3.63, 3.8) is 0 Å². The second-order valence-electron chi connectivity index (χ2n) is 19.9. The lowest BCUT2D eigenvalue weighted by atomic mass is 9.95. The van der Waals surface area contributed by atoms with Crippen LogP contribution in [0.2, 0.25) is 16.6 Å². The number of rotatable bonds is 12. The third-order valence-corrected chi connectivity index (χ3v) is 20.6. The maximum absolute atomic E-state index is 18.0. The molecule has 8 rings (SSSR count). The van der Waals surface area contributed by atoms with E-state index >= 15 is 8.78 Å². The zero-order valence-corrected chi connectivity index (χ0v) is 39.0. The van der Waals surface area contributed by atoms with Crippen molar-refractivity contribution < 1.29 is 37.3 Å². The van der Waals surface area contributed by atoms with Crippen LogP contribution in [-0.2, 0) is 9.53 Å². The number of aromatic hydroxyl groups is 1. The lowest BCUT2D eigenvalue weighted by molar-refractivity contribution is -0.152. The Labute approximate surface area is 369 Å². The molecule has 0 saturated carbocycles. The van der Waals surface area contributed by atoms with Crippen LogP contribution in [0.1, 0.15) is 93.1 Å². The number of aromatic nitrogens is 3. The Balaban J connectivity index is 1.38. The zero-order valence-electron chi connectivity index (χ0n) is 38.0. The molecule has 0 amide bonds. The molecule has 4 atom stereocenters. The molecule has 4 saturated heterocycles. The van der Waals surface area contributed by atoms with Gasteiger partial charge in [-0.25, -0.2) is 18.2 Å². The van der Waals surface area contributed by atoms with Gasteiger partial charge in [-0.2, -0.15) is 9.97 Å². The van der Waals surface area contributed by atoms with Crippen LogP contribution < -0.4 is 19.7 Å². The number of nitrogens with zero attached hydrogens (tertiary/aromatic N) is 5. The van der Waals surface area contributed by atoms with Gasteiger partial charge in [0.1, 0.15) is 61.4 Å². The predicted octanol–water partition coefficient (Wildman–Crippen LogP) is 8.87. The minimum Gasteiger partial charge on any atom is -0.508 e. The van der Waals surface area contributed by atoms with E-state index in [-0.39, 0.29) is 92.7 Å². The number of benzene rings is 2. The van der Waals surface area contributed by atoms with E-state index < -0.39 is 42.8 Å². The van der Waals surface area contributed by atoms with Crippen molar-refractivity contribution in [2.24, 2.45) is 5.41 Å². The molecule has 4 aliphatic heterocycles. The Hall–Kier alpha value is -4.65. The van der Waals surface area contributed by atoms with Crippen LogP contribution in [0.3, 0.4) is 0 Å². The Bertz CT molecular complexity index is 2460. The van der Waals surface area contributed by atoms with Gasteiger partial charge in [-0.05, 0) is 86.3 Å². The normalized spacial score (nSPS) is 22.7. The summed E-state index contributed by atoms with van der Waals surface area (Å²) in [4.78, 5) is 31.8. The van der Waals surface area contributed by atoms with E-state index in [0.717, 1.165) is 32.2 Å². The number of alkyl halides is 1. The lowest BCUT2D eigenvalue weighted by Gasteiger charge is -2.38. The zero-order chi connectivity index (χ0) is 45.2. The fraction of sp³-hybridized carbons (Fsp3) is 0.583. The molecule has 4 aromatic rings. The number of esters is 1. The number of piperazine rings is 1. The van der Waals surface area contributed by atoms with E-state index in [0.29, 0.717) is 37.3 Å². The van der Waals surface area contributed by atoms with Crippen molar-refractivity contribution in [1.29, 1.82) is 0 Å². The highest BCUT2D eigenvalue weighted by atomic mass is 28.3. The van der Waals surface area contributed by atoms with E-state index in [9.17, 15) is 14.3 Å². The average Bonchev–Trinajstić information content (AvgIpc) is 3.89. The Morgan fingerprint density at radius 2 is 1.70 bits per heavy atom. The van der Waals surface area contributed by atoms with Gasteiger partial charge < -0.3 is 29.5 Å². The quantitative estimate of drug-likeness (QED) is 0.0807. The van der Waals surface area contributed by atoms with Crippen molar-refractivity contribution in [2.75, 3.05) is 51.4 Å². The van der Waals surface area contributed by atoms with Gasteiger partial charge in [0.25, 0.3) is 0 Å². The number of hydrogen-bond acceptors (Lipinski definition) is 11. The highest BCUT2D eigenvalue weighted by Crippen LogP contribution is 2.45. The molecule has 338 valence electrons. The molecule has 4 aliphatic rings. The fourth-order valence-electron chi connectivity index (χ4n) is 11.2. The molecule has 11 nitrogen and oxygen atoms in total. The highest BCUT2D eigenvalue weighted by Gasteiger charge is 2.50. The van der Waals surface area contributed by atoms with E-state index in [1.165, 1.54) is 31.4 Å². The number of phenols is 1. The molecular formula is C48H61F3N6O5Si. The maximum atomic E-state index is 18.0. The number of halogens is 3. The van der Waals surface area contributed by atoms with Crippen molar-refractivity contribution >= 4 is 41.5 Å². The van der Waals surface area contributed by atoms with Gasteiger partial charge in [0.15, 0.2) is 5.82 Å². The molecule has 4 fully saturated rings. The smallest absolute Gasteiger partial charge is 0.319 e. The third kappa shape index (κ3) is 8.09. The average molecular weight is 887 g/mol. The Kier molecular flexibility index (Phi) is 12.2. The van der Waals surface area contributed by atoms with Crippen molar-refractivity contribution in [2.45, 2.75) is 128 Å². The van der Waals surface area contributed by atoms with Crippen LogP contribution >= 0.6 is 0 Å². The van der Waals surface area contributed by atoms with Crippen LogP contribution in [0.5, 0.6) is 17.6 Å². The molecule has 0 radical (unpaired) electrons. The first-order valence-electron chi connectivity index (χ1n) is 22.5. The van der Waals surface area contributed by atoms with Crippen LogP contribution in [0, 0.1) is 28.5 Å². The number of methoxy groups -OCH3 is 1. The van der Waals surface area contributed by atoms with Crippen molar-refractivity contribution in [3.8, 4) is 40.4 Å². The largest absolute Gasteiger partial charge is 0.508 e. The molecular weight excluding hydrogens is 826 g/mol. The van der Waals surface area contributed by atoms with Crippen LogP contribution in [0.15, 0.2) is 24.3 Å². The number of phenolic OH excluding ortho intramolecular Hbond substituents is 1. The number of carbonyl (C=O) groups is 1. The molecule has 2 N–H and O–H groups in total. The third-order valence-electron chi connectivity index (χ3n) is 14.3. The first-order chi connectivity index (χ1) is 29.9. The molecule has 0 aliphatic carbocycles. The van der Waals surface area contributed by atoms with Gasteiger partial charge in [0, 0.05) is 49.1 Å². The summed E-state index contributed by atoms with van der Waals surface area (Å²) >= 11 is 0. The second-order valence-corrected chi connectivity index (χ2v) is 25.4. The SMILES string of the molecule is COC(=O)C(C)(C)COc1nc(-c2cc(O)cc3ccc(F)c(C#C[Si](C(C)C)(C(C)C)C(C)C)c23)c(F)c2nc(OC[C@@]34CCCN3C[C@H](F)C4)nc(N3CC4CCC(C3)N4)c12. The van der Waals surface area contributed by atoms with Crippen LogP contribution in [-0.4, -0.2) is 109 Å². The van der Waals surface area contributed by atoms with Crippen molar-refractivity contribution in [3.05, 3.63) is 41.5 Å². The van der Waals surface area contributed by atoms with Crippen LogP contribution in [0.25, 0.3) is 32.9 Å². The van der Waals surface area contributed by atoms with E-state index in [1.54, 1.807) is 13.8 Å². The van der Waals surface area contributed by atoms with Gasteiger partial charge in [0.05, 0.1) is 23.6 Å². The topological polar surface area (TPSA) is 122 Å². The molecule has 6 heterocycles. The number of nitrogens with one attached hydrogen (secondary N) is 1. The number of hydrogen-bond donors (Lipinski definition) is 2. The number of pyridine rings is 1. The molecule has 15 heteroatoms. The number of fused-ring (bicyclic) bond motifs is 5. The van der Waals surface area contributed by atoms with Gasteiger partial charge in [-0.15, -0.1) is 5.54 Å². The number of ether oxygens (including phenoxy) is 3. The van der Waals surface area contributed by atoms with Gasteiger partial charge in [-0.3, -0.25) is 9.69 Å². The monoisotopic (exact) mass is 886 g/mol. The molecule has 0 spiro atoms. The van der Waals surface area contributed by atoms with E-state index in [1.807, 2.05) is 0 Å². The summed E-state index contributed by atoms with van der Waals surface area (Å²) in [7, 11) is -1.08. The molecule has 63 heavy (non-hydrogen) atoms. The van der Waals surface area contributed by atoms with Gasteiger partial charge >= 0.3 is 12.0 Å². The predicted molar refractivity (Wildman–Crippen MR) is 242 cm³/mol. The molecule has 2 aromatic heterocycles. The van der Waals surface area contributed by atoms with Crippen molar-refractivity contribution in [1.82, 2.24) is 25.2 Å². The van der Waals surface area contributed by atoms with Gasteiger partial charge in [-0.1, -0.05) is 53.5 Å². The second kappa shape index (κ2) is 17.0. The maximum Gasteiger partial charge on any atom is 0.319 e. The summed E-state index contributed by atoms with van der Waals surface area (Å²) in [5.74, 6) is 1.39. The Morgan fingerprint density at radius 1 is 1.00 bits per heavy atom. The summed E-state index contributed by atoms with van der Waals surface area (Å²) in [6, 6.07) is 5.96. The summed E-state index contributed by atoms with van der Waals surface area (Å²) in [6.07, 6.45) is 2.95. The summed E-state index contributed by atoms with van der Waals surface area (Å²) < 4.78 is 67.3. The van der Waals surface area contributed by atoms with Gasteiger partial charge in [0.2, 0.25) is 5.88 Å². The summed E-state index contributed by atoms with van der Waals surface area (Å²) in [6.45, 7) is 18.5. The standard InChI is InChI=1S/C48H61F3N6O5Si/c1-27(2)63(28(3)4,29(5)6)18-15-35-37(50)14-11-30-19-34(58)20-36(38(30)35)41-40(51)42-39(44(53-41)61-25-47(7,8)45(59)60-9)43(56-23-32-12-13-33(24-56)52-32)55-46(54-42)62-26-48-16-10-17-57(48)22-31(49)21-48/h11,14,19-20,27-29,31-33,52,58H,10,12-13,16-17,21-26H2,1-9H3/t31-,32?,33?,48+/m1/s1. The first-order valence-corrected chi connectivity index (χ1v) is 24.7. The minimum atomic E-state index is -2.38. The lowest BCUT2D eigenvalue weighted by Crippen LogP contribution is -2.51. The molecule has 2 unspecified atom stereocenters. The first kappa shape index (κ1) is 44.9. The van der Waals surface area contributed by atoms with E-state index in [4.69, 9.17) is 29.2 Å². The fourth-order valence-corrected chi connectivity index (χ4v) is 16.4. The molecule has 2 aromatic carbocycles. The molecule has 2 bridgehead atoms. The number of carbonyl (C=O) groups excluding carboxylic acids is 1. The number of anilines is 1. The summed E-state index contributed by atoms with van der Waals surface area (Å²) in [5, 5.41) is 15.7. The summed E-state index contributed by atoms with van der Waals surface area (Å²) in [5.41, 5.74) is 2.47. The Morgan fingerprint density at radius 3 is 2.37 bits per heavy atom. The highest BCUT2D eigenvalue weighted by molar-refractivity contribution is 6.90. The van der Waals surface area contributed by atoms with E-state index in [2.05, 4.69) is 68.1 Å². The minimum absolute atomic E-state index is 0.0613. The van der Waals surface area contributed by atoms with Crippen LogP contribution in [0.4, 0.5) is 19.0 Å².